The first-order valence-corrected chi connectivity index (χ1v) is 5.71. The molecule has 1 atom stereocenters. The predicted molar refractivity (Wildman–Crippen MR) is 65.1 cm³/mol. The Labute approximate surface area is 99.6 Å². The third kappa shape index (κ3) is 2.21. The van der Waals surface area contributed by atoms with Gasteiger partial charge in [-0.05, 0) is 25.8 Å². The lowest BCUT2D eigenvalue weighted by atomic mass is 10.2. The van der Waals surface area contributed by atoms with Crippen molar-refractivity contribution >= 4 is 11.5 Å². The van der Waals surface area contributed by atoms with E-state index in [0.29, 0.717) is 18.2 Å². The average molecular weight is 236 g/mol. The summed E-state index contributed by atoms with van der Waals surface area (Å²) in [7, 11) is 0. The SMILES string of the molecule is Cc1cc(N2CCCC2CN)ncc1[N+](=O)[O-]. The van der Waals surface area contributed by atoms with Gasteiger partial charge in [0.25, 0.3) is 5.69 Å². The van der Waals surface area contributed by atoms with Gasteiger partial charge in [0.1, 0.15) is 12.0 Å². The van der Waals surface area contributed by atoms with Crippen molar-refractivity contribution in [2.75, 3.05) is 18.0 Å². The van der Waals surface area contributed by atoms with E-state index in [4.69, 9.17) is 5.73 Å². The van der Waals surface area contributed by atoms with Gasteiger partial charge in [0.05, 0.1) is 4.92 Å². The van der Waals surface area contributed by atoms with Crippen molar-refractivity contribution in [3.05, 3.63) is 27.9 Å². The third-order valence-electron chi connectivity index (χ3n) is 3.21. The number of aromatic nitrogens is 1. The molecule has 0 bridgehead atoms. The maximum atomic E-state index is 10.7. The normalized spacial score (nSPS) is 19.6. The van der Waals surface area contributed by atoms with Crippen molar-refractivity contribution in [3.8, 4) is 0 Å². The number of nitrogens with two attached hydrogens (primary N) is 1. The maximum absolute atomic E-state index is 10.7. The lowest BCUT2D eigenvalue weighted by Gasteiger charge is -2.24. The first kappa shape index (κ1) is 11.8. The van der Waals surface area contributed by atoms with Gasteiger partial charge in [0.15, 0.2) is 0 Å². The van der Waals surface area contributed by atoms with Crippen molar-refractivity contribution in [1.82, 2.24) is 4.98 Å². The molecule has 1 saturated heterocycles. The molecular weight excluding hydrogens is 220 g/mol. The summed E-state index contributed by atoms with van der Waals surface area (Å²) in [5.74, 6) is 0.793. The van der Waals surface area contributed by atoms with Crippen LogP contribution in [0.15, 0.2) is 12.3 Å². The highest BCUT2D eigenvalue weighted by Crippen LogP contribution is 2.26. The highest BCUT2D eigenvalue weighted by atomic mass is 16.6. The second-order valence-corrected chi connectivity index (χ2v) is 4.31. The van der Waals surface area contributed by atoms with E-state index in [1.165, 1.54) is 6.20 Å². The van der Waals surface area contributed by atoms with E-state index in [-0.39, 0.29) is 5.69 Å². The maximum Gasteiger partial charge on any atom is 0.290 e. The minimum atomic E-state index is -0.406. The van der Waals surface area contributed by atoms with Gasteiger partial charge in [-0.25, -0.2) is 4.98 Å². The molecule has 1 aromatic heterocycles. The molecule has 0 spiro atoms. The zero-order valence-corrected chi connectivity index (χ0v) is 9.80. The molecule has 0 saturated carbocycles. The van der Waals surface area contributed by atoms with Crippen LogP contribution in [0.5, 0.6) is 0 Å². The van der Waals surface area contributed by atoms with Crippen LogP contribution in [0.3, 0.4) is 0 Å². The van der Waals surface area contributed by atoms with Crippen molar-refractivity contribution in [2.45, 2.75) is 25.8 Å². The molecular formula is C11H16N4O2. The molecule has 0 amide bonds. The minimum absolute atomic E-state index is 0.0669. The van der Waals surface area contributed by atoms with E-state index >= 15 is 0 Å². The summed E-state index contributed by atoms with van der Waals surface area (Å²) in [6, 6.07) is 2.08. The van der Waals surface area contributed by atoms with E-state index in [2.05, 4.69) is 9.88 Å². The van der Waals surface area contributed by atoms with Gasteiger partial charge in [-0.15, -0.1) is 0 Å². The minimum Gasteiger partial charge on any atom is -0.352 e. The summed E-state index contributed by atoms with van der Waals surface area (Å²) in [6.07, 6.45) is 3.49. The molecule has 1 aliphatic heterocycles. The van der Waals surface area contributed by atoms with Crippen molar-refractivity contribution in [1.29, 1.82) is 0 Å². The molecule has 17 heavy (non-hydrogen) atoms. The molecule has 2 heterocycles. The lowest BCUT2D eigenvalue weighted by Crippen LogP contribution is -2.35. The Morgan fingerprint density at radius 3 is 3.06 bits per heavy atom. The van der Waals surface area contributed by atoms with Crippen LogP contribution in [0, 0.1) is 17.0 Å². The van der Waals surface area contributed by atoms with Crippen LogP contribution in [-0.2, 0) is 0 Å². The number of hydrogen-bond acceptors (Lipinski definition) is 5. The number of pyridine rings is 1. The smallest absolute Gasteiger partial charge is 0.290 e. The molecule has 2 N–H and O–H groups in total. The van der Waals surface area contributed by atoms with E-state index < -0.39 is 4.92 Å². The summed E-state index contributed by atoms with van der Waals surface area (Å²) in [6.45, 7) is 3.25. The standard InChI is InChI=1S/C11H16N4O2/c1-8-5-11(13-7-10(8)15(16)17)14-4-2-3-9(14)6-12/h5,7,9H,2-4,6,12H2,1H3. The zero-order valence-electron chi connectivity index (χ0n) is 9.80. The van der Waals surface area contributed by atoms with Gasteiger partial charge >= 0.3 is 0 Å². The van der Waals surface area contributed by atoms with Gasteiger partial charge in [-0.1, -0.05) is 0 Å². The number of anilines is 1. The Morgan fingerprint density at radius 2 is 2.47 bits per heavy atom. The number of nitrogens with zero attached hydrogens (tertiary/aromatic N) is 3. The highest BCUT2D eigenvalue weighted by molar-refractivity contribution is 5.49. The van der Waals surface area contributed by atoms with Crippen molar-refractivity contribution in [2.24, 2.45) is 5.73 Å². The monoisotopic (exact) mass is 236 g/mol. The molecule has 6 heteroatoms. The highest BCUT2D eigenvalue weighted by Gasteiger charge is 2.25. The molecule has 1 aromatic rings. The molecule has 92 valence electrons. The number of rotatable bonds is 3. The van der Waals surface area contributed by atoms with Gasteiger partial charge in [-0.2, -0.15) is 0 Å². The van der Waals surface area contributed by atoms with E-state index in [1.54, 1.807) is 13.0 Å². The van der Waals surface area contributed by atoms with Crippen molar-refractivity contribution in [3.63, 3.8) is 0 Å². The zero-order chi connectivity index (χ0) is 12.4. The van der Waals surface area contributed by atoms with Crippen LogP contribution >= 0.6 is 0 Å². The fourth-order valence-corrected chi connectivity index (χ4v) is 2.26. The number of nitro groups is 1. The first-order chi connectivity index (χ1) is 8.13. The average Bonchev–Trinajstić information content (AvgIpc) is 2.76. The summed E-state index contributed by atoms with van der Waals surface area (Å²) < 4.78 is 0. The van der Waals surface area contributed by atoms with E-state index in [0.717, 1.165) is 25.2 Å². The summed E-state index contributed by atoms with van der Waals surface area (Å²) in [5.41, 5.74) is 6.41. The molecule has 1 unspecified atom stereocenters. The van der Waals surface area contributed by atoms with Crippen LogP contribution in [0.25, 0.3) is 0 Å². The fourth-order valence-electron chi connectivity index (χ4n) is 2.26. The fraction of sp³-hybridized carbons (Fsp3) is 0.545. The van der Waals surface area contributed by atoms with Gasteiger partial charge in [0.2, 0.25) is 0 Å². The third-order valence-corrected chi connectivity index (χ3v) is 3.21. The van der Waals surface area contributed by atoms with Gasteiger partial charge in [0, 0.05) is 24.7 Å². The molecule has 6 nitrogen and oxygen atoms in total. The molecule has 0 aliphatic carbocycles. The lowest BCUT2D eigenvalue weighted by molar-refractivity contribution is -0.385. The van der Waals surface area contributed by atoms with E-state index in [9.17, 15) is 10.1 Å². The predicted octanol–water partition coefficient (Wildman–Crippen LogP) is 1.23. The van der Waals surface area contributed by atoms with Crippen LogP contribution in [-0.4, -0.2) is 29.0 Å². The van der Waals surface area contributed by atoms with Gasteiger partial charge in [-0.3, -0.25) is 10.1 Å². The molecule has 0 radical (unpaired) electrons. The van der Waals surface area contributed by atoms with Crippen LogP contribution in [0.2, 0.25) is 0 Å². The van der Waals surface area contributed by atoms with Crippen LogP contribution < -0.4 is 10.6 Å². The Balaban J connectivity index is 2.28. The number of aryl methyl sites for hydroxylation is 1. The Hall–Kier alpha value is -1.69. The molecule has 0 aromatic carbocycles. The topological polar surface area (TPSA) is 85.3 Å². The second kappa shape index (κ2) is 4.67. The Morgan fingerprint density at radius 1 is 1.71 bits per heavy atom. The quantitative estimate of drug-likeness (QED) is 0.630. The first-order valence-electron chi connectivity index (χ1n) is 5.71. The van der Waals surface area contributed by atoms with Crippen molar-refractivity contribution < 1.29 is 4.92 Å². The Kier molecular flexibility index (Phi) is 3.23. The summed E-state index contributed by atoms with van der Waals surface area (Å²) in [4.78, 5) is 16.6. The molecule has 1 fully saturated rings. The van der Waals surface area contributed by atoms with Crippen LogP contribution in [0.1, 0.15) is 18.4 Å². The van der Waals surface area contributed by atoms with Gasteiger partial charge < -0.3 is 10.6 Å². The summed E-state index contributed by atoms with van der Waals surface area (Å²) >= 11 is 0. The molecule has 1 aliphatic rings. The number of hydrogen-bond donors (Lipinski definition) is 1. The largest absolute Gasteiger partial charge is 0.352 e. The Bertz CT molecular complexity index is 435. The second-order valence-electron chi connectivity index (χ2n) is 4.31. The summed E-state index contributed by atoms with van der Waals surface area (Å²) in [5, 5.41) is 10.7. The molecule has 2 rings (SSSR count). The van der Waals surface area contributed by atoms with Crippen LogP contribution in [0.4, 0.5) is 11.5 Å². The van der Waals surface area contributed by atoms with E-state index in [1.807, 2.05) is 0 Å².